The van der Waals surface area contributed by atoms with Gasteiger partial charge in [-0.15, -0.1) is 0 Å². The zero-order valence-electron chi connectivity index (χ0n) is 7.43. The van der Waals surface area contributed by atoms with E-state index in [1.54, 1.807) is 0 Å². The van der Waals surface area contributed by atoms with E-state index in [0.29, 0.717) is 0 Å². The first-order chi connectivity index (χ1) is 5.72. The van der Waals surface area contributed by atoms with Gasteiger partial charge >= 0.3 is 0 Å². The Labute approximate surface area is 72.7 Å². The summed E-state index contributed by atoms with van der Waals surface area (Å²) in [7, 11) is 0. The summed E-state index contributed by atoms with van der Waals surface area (Å²) in [5.74, 6) is 0.708. The van der Waals surface area contributed by atoms with Crippen molar-refractivity contribution in [1.82, 2.24) is 5.43 Å². The molecular formula is C8H16N4. The Morgan fingerprint density at radius 2 is 2.58 bits per heavy atom. The van der Waals surface area contributed by atoms with Crippen LogP contribution in [-0.4, -0.2) is 11.7 Å². The van der Waals surface area contributed by atoms with E-state index in [4.69, 9.17) is 11.1 Å². The zero-order valence-corrected chi connectivity index (χ0v) is 7.43. The third-order valence-electron chi connectivity index (χ3n) is 2.28. The quantitative estimate of drug-likeness (QED) is 0.327. The van der Waals surface area contributed by atoms with Gasteiger partial charge in [-0.2, -0.15) is 5.10 Å². The van der Waals surface area contributed by atoms with Crippen LogP contribution >= 0.6 is 0 Å². The predicted molar refractivity (Wildman–Crippen MR) is 50.1 cm³/mol. The van der Waals surface area contributed by atoms with E-state index in [9.17, 15) is 0 Å². The van der Waals surface area contributed by atoms with Crippen LogP contribution in [0.3, 0.4) is 0 Å². The van der Waals surface area contributed by atoms with Gasteiger partial charge in [0, 0.05) is 5.71 Å². The van der Waals surface area contributed by atoms with E-state index in [1.807, 2.05) is 0 Å². The van der Waals surface area contributed by atoms with E-state index in [-0.39, 0.29) is 5.96 Å². The fourth-order valence-corrected chi connectivity index (χ4v) is 1.50. The standard InChI is InChI=1S/C8H16N4/c1-2-6-3-4-7(5-6)11-12-8(9)10/h6H,2-5H2,1H3,(H4,9,10,12). The molecule has 0 saturated heterocycles. The zero-order chi connectivity index (χ0) is 8.97. The van der Waals surface area contributed by atoms with Crippen molar-refractivity contribution in [1.29, 1.82) is 5.41 Å². The molecule has 4 heteroatoms. The molecule has 1 rings (SSSR count). The summed E-state index contributed by atoms with van der Waals surface area (Å²) < 4.78 is 0. The topological polar surface area (TPSA) is 74.3 Å². The van der Waals surface area contributed by atoms with Gasteiger partial charge in [-0.05, 0) is 25.2 Å². The maximum absolute atomic E-state index is 6.91. The minimum atomic E-state index is -0.0811. The lowest BCUT2D eigenvalue weighted by molar-refractivity contribution is 0.540. The Morgan fingerprint density at radius 3 is 3.08 bits per heavy atom. The van der Waals surface area contributed by atoms with E-state index >= 15 is 0 Å². The molecule has 1 atom stereocenters. The first-order valence-corrected chi connectivity index (χ1v) is 4.37. The predicted octanol–water partition coefficient (Wildman–Crippen LogP) is 1.04. The molecule has 0 heterocycles. The fourth-order valence-electron chi connectivity index (χ4n) is 1.50. The number of hydrazone groups is 1. The minimum absolute atomic E-state index is 0.0811. The molecule has 0 bridgehead atoms. The van der Waals surface area contributed by atoms with Crippen LogP contribution in [0.25, 0.3) is 0 Å². The van der Waals surface area contributed by atoms with E-state index in [1.165, 1.54) is 12.8 Å². The minimum Gasteiger partial charge on any atom is -0.369 e. The molecule has 1 unspecified atom stereocenters. The maximum atomic E-state index is 6.91. The van der Waals surface area contributed by atoms with Crippen molar-refractivity contribution in [3.05, 3.63) is 0 Å². The van der Waals surface area contributed by atoms with Gasteiger partial charge in [0.1, 0.15) is 0 Å². The highest BCUT2D eigenvalue weighted by Crippen LogP contribution is 2.25. The molecule has 0 aromatic rings. The van der Waals surface area contributed by atoms with Gasteiger partial charge in [-0.3, -0.25) is 5.41 Å². The molecule has 0 aromatic heterocycles. The van der Waals surface area contributed by atoms with Gasteiger partial charge in [0.25, 0.3) is 0 Å². The highest BCUT2D eigenvalue weighted by atomic mass is 15.3. The second kappa shape index (κ2) is 4.09. The SMILES string of the molecule is CCC1CCC(=NNC(=N)N)C1. The van der Waals surface area contributed by atoms with Crippen molar-refractivity contribution in [2.45, 2.75) is 32.6 Å². The normalized spacial score (nSPS) is 26.1. The van der Waals surface area contributed by atoms with Crippen molar-refractivity contribution < 1.29 is 0 Å². The lowest BCUT2D eigenvalue weighted by Crippen LogP contribution is -2.26. The molecule has 1 fully saturated rings. The maximum Gasteiger partial charge on any atom is 0.206 e. The molecule has 0 aromatic carbocycles. The summed E-state index contributed by atoms with van der Waals surface area (Å²) in [6.45, 7) is 2.20. The first-order valence-electron chi connectivity index (χ1n) is 4.37. The summed E-state index contributed by atoms with van der Waals surface area (Å²) in [4.78, 5) is 0. The highest BCUT2D eigenvalue weighted by molar-refractivity contribution is 5.87. The van der Waals surface area contributed by atoms with Crippen molar-refractivity contribution in [3.8, 4) is 0 Å². The smallest absolute Gasteiger partial charge is 0.206 e. The number of hydrogen-bond donors (Lipinski definition) is 3. The molecule has 1 saturated carbocycles. The van der Waals surface area contributed by atoms with E-state index in [0.717, 1.165) is 24.5 Å². The summed E-state index contributed by atoms with van der Waals surface area (Å²) in [6, 6.07) is 0. The van der Waals surface area contributed by atoms with Gasteiger partial charge in [0.15, 0.2) is 0 Å². The lowest BCUT2D eigenvalue weighted by atomic mass is 10.1. The fraction of sp³-hybridized carbons (Fsp3) is 0.750. The molecular weight excluding hydrogens is 152 g/mol. The average Bonchev–Trinajstić information content (AvgIpc) is 2.48. The molecule has 1 aliphatic carbocycles. The van der Waals surface area contributed by atoms with Crippen LogP contribution in [0, 0.1) is 11.3 Å². The van der Waals surface area contributed by atoms with Gasteiger partial charge in [0.2, 0.25) is 5.96 Å². The Kier molecular flexibility index (Phi) is 3.08. The van der Waals surface area contributed by atoms with Crippen molar-refractivity contribution in [3.63, 3.8) is 0 Å². The molecule has 4 N–H and O–H groups in total. The Balaban J connectivity index is 2.35. The van der Waals surface area contributed by atoms with Crippen LogP contribution in [0.4, 0.5) is 0 Å². The summed E-state index contributed by atoms with van der Waals surface area (Å²) >= 11 is 0. The molecule has 0 radical (unpaired) electrons. The summed E-state index contributed by atoms with van der Waals surface area (Å²) in [5, 5.41) is 11.0. The van der Waals surface area contributed by atoms with Crippen molar-refractivity contribution >= 4 is 11.7 Å². The number of nitrogens with two attached hydrogens (primary N) is 1. The largest absolute Gasteiger partial charge is 0.369 e. The van der Waals surface area contributed by atoms with Crippen LogP contribution in [0.1, 0.15) is 32.6 Å². The summed E-state index contributed by atoms with van der Waals surface area (Å²) in [6.07, 6.45) is 4.57. The Morgan fingerprint density at radius 1 is 1.83 bits per heavy atom. The Hall–Kier alpha value is -1.06. The van der Waals surface area contributed by atoms with Gasteiger partial charge < -0.3 is 5.73 Å². The molecule has 12 heavy (non-hydrogen) atoms. The highest BCUT2D eigenvalue weighted by Gasteiger charge is 2.18. The molecule has 0 spiro atoms. The summed E-state index contributed by atoms with van der Waals surface area (Å²) in [5.41, 5.74) is 8.73. The molecule has 0 amide bonds. The van der Waals surface area contributed by atoms with Crippen LogP contribution < -0.4 is 11.2 Å². The second-order valence-electron chi connectivity index (χ2n) is 3.22. The van der Waals surface area contributed by atoms with Gasteiger partial charge in [0.05, 0.1) is 0 Å². The molecule has 0 aliphatic heterocycles. The molecule has 68 valence electrons. The van der Waals surface area contributed by atoms with Gasteiger partial charge in [-0.25, -0.2) is 5.43 Å². The van der Waals surface area contributed by atoms with Crippen LogP contribution in [-0.2, 0) is 0 Å². The van der Waals surface area contributed by atoms with Crippen LogP contribution in [0.5, 0.6) is 0 Å². The number of guanidine groups is 1. The number of rotatable bonds is 2. The van der Waals surface area contributed by atoms with Gasteiger partial charge in [-0.1, -0.05) is 13.3 Å². The van der Waals surface area contributed by atoms with Crippen LogP contribution in [0.2, 0.25) is 0 Å². The average molecular weight is 168 g/mol. The third-order valence-corrected chi connectivity index (χ3v) is 2.28. The van der Waals surface area contributed by atoms with Crippen molar-refractivity contribution in [2.75, 3.05) is 0 Å². The second-order valence-corrected chi connectivity index (χ2v) is 3.22. The number of nitrogens with zero attached hydrogens (tertiary/aromatic N) is 1. The Bertz CT molecular complexity index is 197. The third kappa shape index (κ3) is 2.53. The van der Waals surface area contributed by atoms with E-state index < -0.39 is 0 Å². The number of nitrogens with one attached hydrogen (secondary N) is 2. The first kappa shape index (κ1) is 9.03. The van der Waals surface area contributed by atoms with Crippen molar-refractivity contribution in [2.24, 2.45) is 16.8 Å². The number of hydrogen-bond acceptors (Lipinski definition) is 2. The van der Waals surface area contributed by atoms with E-state index in [2.05, 4.69) is 17.5 Å². The molecule has 4 nitrogen and oxygen atoms in total. The lowest BCUT2D eigenvalue weighted by Gasteiger charge is -2.01. The van der Waals surface area contributed by atoms with Crippen LogP contribution in [0.15, 0.2) is 5.10 Å². The molecule has 1 aliphatic rings. The monoisotopic (exact) mass is 168 g/mol.